The molecule has 0 spiro atoms. The molecule has 1 saturated heterocycles. The van der Waals surface area contributed by atoms with E-state index in [4.69, 9.17) is 11.2 Å². The molecule has 0 radical (unpaired) electrons. The Labute approximate surface area is 104 Å². The molecule has 17 heavy (non-hydrogen) atoms. The van der Waals surface area contributed by atoms with E-state index in [0.29, 0.717) is 6.42 Å². The molecular formula is C11H24O5Si. The molecule has 1 rings (SSSR count). The Morgan fingerprint density at radius 1 is 1.06 bits per heavy atom. The van der Waals surface area contributed by atoms with Crippen molar-refractivity contribution in [3.8, 4) is 0 Å². The molecule has 102 valence electrons. The van der Waals surface area contributed by atoms with Crippen LogP contribution in [0.2, 0.25) is 25.7 Å². The second-order valence-electron chi connectivity index (χ2n) is 5.67. The molecule has 6 heteroatoms. The summed E-state index contributed by atoms with van der Waals surface area (Å²) in [6.45, 7) is 5.73. The van der Waals surface area contributed by atoms with Crippen LogP contribution in [-0.2, 0) is 4.74 Å². The quantitative estimate of drug-likeness (QED) is 0.517. The Morgan fingerprint density at radius 3 is 2.06 bits per heavy atom. The predicted molar refractivity (Wildman–Crippen MR) is 66.5 cm³/mol. The van der Waals surface area contributed by atoms with Gasteiger partial charge in [0.2, 0.25) is 0 Å². The Hall–Kier alpha value is 0.0169. The lowest BCUT2D eigenvalue weighted by atomic mass is 9.94. The van der Waals surface area contributed by atoms with Gasteiger partial charge in [-0.25, -0.2) is 0 Å². The molecule has 0 amide bonds. The van der Waals surface area contributed by atoms with Crippen LogP contribution in [-0.4, -0.2) is 65.6 Å². The van der Waals surface area contributed by atoms with Crippen LogP contribution >= 0.6 is 0 Å². The van der Waals surface area contributed by atoms with E-state index < -0.39 is 45.2 Å². The minimum absolute atomic E-state index is 0.303. The molecule has 2 unspecified atom stereocenters. The van der Waals surface area contributed by atoms with E-state index in [1.165, 1.54) is 0 Å². The number of rotatable bonds is 4. The van der Waals surface area contributed by atoms with Crippen LogP contribution in [0.25, 0.3) is 0 Å². The molecule has 5 nitrogen and oxygen atoms in total. The summed E-state index contributed by atoms with van der Waals surface area (Å²) in [4.78, 5) is 0. The summed E-state index contributed by atoms with van der Waals surface area (Å²) < 4.78 is 13.4. The summed E-state index contributed by atoms with van der Waals surface area (Å²) in [6, 6.07) is -0.334. The monoisotopic (exact) mass is 265 g/mol. The third kappa shape index (κ3) is 4.01. The zero-order valence-corrected chi connectivity index (χ0v) is 11.6. The van der Waals surface area contributed by atoms with Crippen molar-refractivity contribution in [1.29, 1.82) is 0 Å². The topological polar surface area (TPSA) is 90.2 Å². The number of ether oxygens (including phenoxy) is 1. The third-order valence-corrected chi connectivity index (χ3v) is 4.41. The summed E-state index contributed by atoms with van der Waals surface area (Å²) in [6.07, 6.45) is -5.16. The van der Waals surface area contributed by atoms with Crippen molar-refractivity contribution >= 4 is 8.07 Å². The highest BCUT2D eigenvalue weighted by molar-refractivity contribution is 6.76. The van der Waals surface area contributed by atoms with Gasteiger partial charge in [0.25, 0.3) is 0 Å². The van der Waals surface area contributed by atoms with E-state index in [1.54, 1.807) is 0 Å². The molecule has 1 aliphatic rings. The lowest BCUT2D eigenvalue weighted by Crippen LogP contribution is -2.58. The Morgan fingerprint density at radius 2 is 1.59 bits per heavy atom. The van der Waals surface area contributed by atoms with Crippen molar-refractivity contribution in [3.63, 3.8) is 0 Å². The first-order valence-corrected chi connectivity index (χ1v) is 9.49. The van der Waals surface area contributed by atoms with Crippen molar-refractivity contribution in [2.45, 2.75) is 62.6 Å². The van der Waals surface area contributed by atoms with E-state index in [1.807, 2.05) is 0 Å². The number of aliphatic hydroxyl groups is 4. The first-order valence-electron chi connectivity index (χ1n) is 6.49. The van der Waals surface area contributed by atoms with Crippen LogP contribution in [0.1, 0.15) is 7.79 Å². The number of aliphatic hydroxyl groups excluding tert-OH is 4. The third-order valence-electron chi connectivity index (χ3n) is 2.95. The Balaban J connectivity index is 2.70. The maximum Gasteiger partial charge on any atom is 0.111 e. The van der Waals surface area contributed by atoms with E-state index in [0.717, 1.165) is 0 Å². The molecule has 1 aliphatic heterocycles. The molecule has 0 aromatic heterocycles. The van der Waals surface area contributed by atoms with Crippen LogP contribution in [0.3, 0.4) is 0 Å². The van der Waals surface area contributed by atoms with E-state index in [9.17, 15) is 15.3 Å². The lowest BCUT2D eigenvalue weighted by Gasteiger charge is -2.40. The normalized spacial score (nSPS) is 42.1. The van der Waals surface area contributed by atoms with Crippen LogP contribution in [0.15, 0.2) is 0 Å². The molecule has 0 aromatic rings. The van der Waals surface area contributed by atoms with Gasteiger partial charge in [0, 0.05) is 9.44 Å². The fourth-order valence-corrected chi connectivity index (χ4v) is 2.78. The Bertz CT molecular complexity index is 271. The van der Waals surface area contributed by atoms with Crippen LogP contribution in [0.4, 0.5) is 0 Å². The van der Waals surface area contributed by atoms with Crippen molar-refractivity contribution in [2.24, 2.45) is 0 Å². The van der Waals surface area contributed by atoms with Gasteiger partial charge in [-0.3, -0.25) is 0 Å². The predicted octanol–water partition coefficient (Wildman–Crippen LogP) is -0.443. The second kappa shape index (κ2) is 5.77. The van der Waals surface area contributed by atoms with Gasteiger partial charge in [0.05, 0.1) is 12.7 Å². The van der Waals surface area contributed by atoms with Crippen molar-refractivity contribution < 1.29 is 26.5 Å². The van der Waals surface area contributed by atoms with E-state index in [2.05, 4.69) is 19.6 Å². The van der Waals surface area contributed by atoms with Gasteiger partial charge < -0.3 is 25.2 Å². The fourth-order valence-electron chi connectivity index (χ4n) is 1.84. The maximum absolute atomic E-state index is 9.85. The molecule has 1 heterocycles. The zero-order chi connectivity index (χ0) is 14.1. The van der Waals surface area contributed by atoms with Gasteiger partial charge in [0.1, 0.15) is 24.4 Å². The molecule has 6 atom stereocenters. The molecule has 0 saturated carbocycles. The average Bonchev–Trinajstić information content (AvgIpc) is 2.28. The molecule has 0 aliphatic carbocycles. The largest absolute Gasteiger partial charge is 0.394 e. The first kappa shape index (κ1) is 13.4. The molecular weight excluding hydrogens is 240 g/mol. The summed E-state index contributed by atoms with van der Waals surface area (Å²) >= 11 is 0. The maximum atomic E-state index is 9.85. The number of hydrogen-bond donors (Lipinski definition) is 4. The fraction of sp³-hybridized carbons (Fsp3) is 1.00. The van der Waals surface area contributed by atoms with Gasteiger partial charge in [-0.2, -0.15) is 0 Å². The van der Waals surface area contributed by atoms with Crippen molar-refractivity contribution in [2.75, 3.05) is 6.61 Å². The summed E-state index contributed by atoms with van der Waals surface area (Å²) in [5.41, 5.74) is 0. The average molecular weight is 265 g/mol. The molecule has 1 fully saturated rings. The molecule has 0 aromatic carbocycles. The van der Waals surface area contributed by atoms with Gasteiger partial charge in [0.15, 0.2) is 0 Å². The van der Waals surface area contributed by atoms with Gasteiger partial charge in [-0.1, -0.05) is 25.7 Å². The van der Waals surface area contributed by atoms with Crippen molar-refractivity contribution in [3.05, 3.63) is 0 Å². The van der Waals surface area contributed by atoms with Crippen LogP contribution < -0.4 is 0 Å². The smallest absolute Gasteiger partial charge is 0.111 e. The Kier molecular flexibility index (Phi) is 4.57. The van der Waals surface area contributed by atoms with Crippen LogP contribution in [0, 0.1) is 0 Å². The molecule has 4 N–H and O–H groups in total. The van der Waals surface area contributed by atoms with Gasteiger partial charge in [-0.15, -0.1) is 0 Å². The second-order valence-corrected chi connectivity index (χ2v) is 10.8. The minimum Gasteiger partial charge on any atom is -0.394 e. The zero-order valence-electron chi connectivity index (χ0n) is 11.6. The standard InChI is InChI=1S/C11H24O5Si/c1-17(2,3)5-4-7-9(13)11(15)10(14)8(6-12)16-7/h7-15H,4-6H2,1-3H3/t7?,8-,9+,10+,11-/m1/s1/i5D/t5?,7?,8-,9+,10+,11-. The summed E-state index contributed by atoms with van der Waals surface area (Å²) in [5, 5.41) is 38.2. The summed E-state index contributed by atoms with van der Waals surface area (Å²) in [5.74, 6) is 0. The number of hydrogen-bond acceptors (Lipinski definition) is 5. The highest BCUT2D eigenvalue weighted by atomic mass is 28.3. The summed E-state index contributed by atoms with van der Waals surface area (Å²) in [7, 11) is -1.68. The van der Waals surface area contributed by atoms with E-state index >= 15 is 0 Å². The highest BCUT2D eigenvalue weighted by Crippen LogP contribution is 2.26. The first-order chi connectivity index (χ1) is 8.18. The lowest BCUT2D eigenvalue weighted by molar-refractivity contribution is -0.229. The van der Waals surface area contributed by atoms with Crippen LogP contribution in [0.5, 0.6) is 0 Å². The SMILES string of the molecule is [2H]C(CC1O[C@H](CO)[C@H](O)[C@H](O)[C@H]1O)[Si](C)(C)C. The minimum atomic E-state index is -1.68. The molecule has 0 bridgehead atoms. The highest BCUT2D eigenvalue weighted by Gasteiger charge is 2.43. The van der Waals surface area contributed by atoms with E-state index in [-0.39, 0.29) is 6.02 Å². The van der Waals surface area contributed by atoms with Gasteiger partial charge >= 0.3 is 0 Å². The van der Waals surface area contributed by atoms with Gasteiger partial charge in [-0.05, 0) is 6.42 Å². The van der Waals surface area contributed by atoms with Crippen molar-refractivity contribution in [1.82, 2.24) is 0 Å².